The Labute approximate surface area is 75.6 Å². The zero-order chi connectivity index (χ0) is 9.14. The van der Waals surface area contributed by atoms with Gasteiger partial charge in [0.15, 0.2) is 0 Å². The zero-order valence-corrected chi connectivity index (χ0v) is 7.24. The molecule has 0 aliphatic rings. The summed E-state index contributed by atoms with van der Waals surface area (Å²) in [5.74, 6) is -0.411. The predicted molar refractivity (Wildman–Crippen MR) is 48.4 cm³/mol. The van der Waals surface area contributed by atoms with Crippen LogP contribution in [0.15, 0.2) is 30.5 Å². The summed E-state index contributed by atoms with van der Waals surface area (Å²) in [5, 5.41) is 0.119. The molecule has 0 spiro atoms. The Balaban J connectivity index is 3.00. The van der Waals surface area contributed by atoms with Crippen molar-refractivity contribution in [3.63, 3.8) is 0 Å². The standard InChI is InChI=1S/C9H9ClFN/c1-6(12)5-7-3-2-4-8(10)9(7)11/h2-4H,1,5,12H2. The zero-order valence-electron chi connectivity index (χ0n) is 6.48. The summed E-state index contributed by atoms with van der Waals surface area (Å²) in [6.07, 6.45) is 0.326. The summed E-state index contributed by atoms with van der Waals surface area (Å²) in [6, 6.07) is 4.82. The smallest absolute Gasteiger partial charge is 0.145 e. The van der Waals surface area contributed by atoms with Crippen molar-refractivity contribution in [3.8, 4) is 0 Å². The van der Waals surface area contributed by atoms with E-state index in [9.17, 15) is 4.39 Å². The van der Waals surface area contributed by atoms with E-state index in [-0.39, 0.29) is 5.02 Å². The van der Waals surface area contributed by atoms with Crippen molar-refractivity contribution in [2.24, 2.45) is 5.73 Å². The SMILES string of the molecule is C=C(N)Cc1cccc(Cl)c1F. The van der Waals surface area contributed by atoms with Gasteiger partial charge in [-0.15, -0.1) is 0 Å². The maximum absolute atomic E-state index is 13.1. The third-order valence-corrected chi connectivity index (χ3v) is 1.74. The molecule has 1 rings (SSSR count). The van der Waals surface area contributed by atoms with Crippen molar-refractivity contribution >= 4 is 11.6 Å². The van der Waals surface area contributed by atoms with Crippen LogP contribution in [0.5, 0.6) is 0 Å². The second-order valence-corrected chi connectivity index (χ2v) is 2.96. The largest absolute Gasteiger partial charge is 0.402 e. The van der Waals surface area contributed by atoms with E-state index in [1.165, 1.54) is 6.07 Å². The van der Waals surface area contributed by atoms with Crippen LogP contribution in [0.1, 0.15) is 5.56 Å². The van der Waals surface area contributed by atoms with E-state index in [0.29, 0.717) is 17.7 Å². The molecule has 0 fully saturated rings. The minimum Gasteiger partial charge on any atom is -0.402 e. The van der Waals surface area contributed by atoms with E-state index in [4.69, 9.17) is 17.3 Å². The van der Waals surface area contributed by atoms with Crippen LogP contribution in [0.2, 0.25) is 5.02 Å². The molecule has 2 N–H and O–H groups in total. The number of benzene rings is 1. The first-order valence-electron chi connectivity index (χ1n) is 3.47. The van der Waals surface area contributed by atoms with Gasteiger partial charge in [0.1, 0.15) is 5.82 Å². The highest BCUT2D eigenvalue weighted by molar-refractivity contribution is 6.30. The number of halogens is 2. The van der Waals surface area contributed by atoms with Gasteiger partial charge in [-0.3, -0.25) is 0 Å². The highest BCUT2D eigenvalue weighted by Gasteiger charge is 2.05. The molecule has 0 saturated heterocycles. The van der Waals surface area contributed by atoms with Crippen LogP contribution in [0.25, 0.3) is 0 Å². The Morgan fingerprint density at radius 2 is 2.25 bits per heavy atom. The first-order valence-corrected chi connectivity index (χ1v) is 3.85. The average molecular weight is 186 g/mol. The van der Waals surface area contributed by atoms with Gasteiger partial charge in [0.25, 0.3) is 0 Å². The molecular weight excluding hydrogens is 177 g/mol. The van der Waals surface area contributed by atoms with Crippen molar-refractivity contribution in [3.05, 3.63) is 46.9 Å². The van der Waals surface area contributed by atoms with Crippen LogP contribution in [-0.4, -0.2) is 0 Å². The molecule has 0 aromatic heterocycles. The van der Waals surface area contributed by atoms with Gasteiger partial charge >= 0.3 is 0 Å². The third kappa shape index (κ3) is 1.98. The van der Waals surface area contributed by atoms with E-state index in [0.717, 1.165) is 0 Å². The fourth-order valence-corrected chi connectivity index (χ4v) is 1.12. The summed E-state index contributed by atoms with van der Waals surface area (Å²) in [7, 11) is 0. The van der Waals surface area contributed by atoms with E-state index >= 15 is 0 Å². The summed E-state index contributed by atoms with van der Waals surface area (Å²) in [6.45, 7) is 3.49. The molecule has 0 unspecified atom stereocenters. The first kappa shape index (κ1) is 9.07. The minimum atomic E-state index is -0.411. The van der Waals surface area contributed by atoms with Crippen LogP contribution in [-0.2, 0) is 6.42 Å². The molecule has 0 radical (unpaired) electrons. The lowest BCUT2D eigenvalue weighted by Gasteiger charge is -2.02. The van der Waals surface area contributed by atoms with Crippen molar-refractivity contribution in [1.82, 2.24) is 0 Å². The summed E-state index contributed by atoms with van der Waals surface area (Å²) in [4.78, 5) is 0. The van der Waals surface area contributed by atoms with Gasteiger partial charge in [-0.1, -0.05) is 30.3 Å². The van der Waals surface area contributed by atoms with Gasteiger partial charge in [-0.2, -0.15) is 0 Å². The quantitative estimate of drug-likeness (QED) is 0.753. The Kier molecular flexibility index (Phi) is 2.71. The van der Waals surface area contributed by atoms with Gasteiger partial charge in [0.05, 0.1) is 5.02 Å². The second kappa shape index (κ2) is 3.59. The number of rotatable bonds is 2. The van der Waals surface area contributed by atoms with Crippen molar-refractivity contribution in [2.75, 3.05) is 0 Å². The monoisotopic (exact) mass is 185 g/mol. The van der Waals surface area contributed by atoms with Crippen LogP contribution in [0, 0.1) is 5.82 Å². The second-order valence-electron chi connectivity index (χ2n) is 2.55. The summed E-state index contributed by atoms with van der Waals surface area (Å²) < 4.78 is 13.1. The van der Waals surface area contributed by atoms with Gasteiger partial charge < -0.3 is 5.73 Å². The van der Waals surface area contributed by atoms with Crippen LogP contribution >= 0.6 is 11.6 Å². The maximum atomic E-state index is 13.1. The summed E-state index contributed by atoms with van der Waals surface area (Å²) >= 11 is 5.55. The molecule has 64 valence electrons. The minimum absolute atomic E-state index is 0.119. The molecule has 0 aliphatic heterocycles. The molecule has 12 heavy (non-hydrogen) atoms. The molecule has 0 bridgehead atoms. The van der Waals surface area contributed by atoms with Crippen molar-refractivity contribution in [2.45, 2.75) is 6.42 Å². The van der Waals surface area contributed by atoms with Crippen LogP contribution in [0.4, 0.5) is 4.39 Å². The van der Waals surface area contributed by atoms with E-state index < -0.39 is 5.82 Å². The molecule has 1 aromatic rings. The van der Waals surface area contributed by atoms with Crippen molar-refractivity contribution < 1.29 is 4.39 Å². The Morgan fingerprint density at radius 3 is 2.83 bits per heavy atom. The molecule has 0 saturated carbocycles. The molecule has 0 aliphatic carbocycles. The van der Waals surface area contributed by atoms with Gasteiger partial charge in [-0.25, -0.2) is 4.39 Å². The summed E-state index contributed by atoms with van der Waals surface area (Å²) in [5.41, 5.74) is 6.25. The fourth-order valence-electron chi connectivity index (χ4n) is 0.930. The van der Waals surface area contributed by atoms with E-state index in [1.807, 2.05) is 0 Å². The highest BCUT2D eigenvalue weighted by atomic mass is 35.5. The Morgan fingerprint density at radius 1 is 1.58 bits per heavy atom. The number of hydrogen-bond acceptors (Lipinski definition) is 1. The lowest BCUT2D eigenvalue weighted by molar-refractivity contribution is 0.613. The molecule has 0 atom stereocenters. The number of nitrogens with two attached hydrogens (primary N) is 1. The Bertz CT molecular complexity index is 309. The average Bonchev–Trinajstić information content (AvgIpc) is 1.98. The van der Waals surface area contributed by atoms with Crippen LogP contribution in [0.3, 0.4) is 0 Å². The maximum Gasteiger partial charge on any atom is 0.145 e. The molecule has 3 heteroatoms. The molecule has 0 heterocycles. The van der Waals surface area contributed by atoms with Gasteiger partial charge in [0.2, 0.25) is 0 Å². The molecular formula is C9H9ClFN. The fraction of sp³-hybridized carbons (Fsp3) is 0.111. The highest BCUT2D eigenvalue weighted by Crippen LogP contribution is 2.18. The Hall–Kier alpha value is -1.02. The first-order chi connectivity index (χ1) is 5.61. The van der Waals surface area contributed by atoms with E-state index in [2.05, 4.69) is 6.58 Å². The topological polar surface area (TPSA) is 26.0 Å². The van der Waals surface area contributed by atoms with Crippen LogP contribution < -0.4 is 5.73 Å². The normalized spacial score (nSPS) is 9.83. The van der Waals surface area contributed by atoms with Gasteiger partial charge in [-0.05, 0) is 11.6 Å². The van der Waals surface area contributed by atoms with Gasteiger partial charge in [0, 0.05) is 12.1 Å². The number of allylic oxidation sites excluding steroid dienone is 1. The van der Waals surface area contributed by atoms with Crippen molar-refractivity contribution in [1.29, 1.82) is 0 Å². The lowest BCUT2D eigenvalue weighted by Crippen LogP contribution is -2.01. The molecule has 1 nitrogen and oxygen atoms in total. The molecule has 0 amide bonds. The number of hydrogen-bond donors (Lipinski definition) is 1. The third-order valence-electron chi connectivity index (χ3n) is 1.45. The predicted octanol–water partition coefficient (Wildman–Crippen LogP) is 2.49. The van der Waals surface area contributed by atoms with E-state index in [1.54, 1.807) is 12.1 Å². The molecule has 1 aromatic carbocycles. The lowest BCUT2D eigenvalue weighted by atomic mass is 10.1.